The van der Waals surface area contributed by atoms with Crippen LogP contribution in [0.2, 0.25) is 0 Å². The lowest BCUT2D eigenvalue weighted by Crippen LogP contribution is -2.23. The molecule has 0 saturated carbocycles. The lowest BCUT2D eigenvalue weighted by molar-refractivity contribution is -0.117. The Kier molecular flexibility index (Phi) is 4.79. The summed E-state index contributed by atoms with van der Waals surface area (Å²) < 4.78 is 5.35. The molecule has 25 heavy (non-hydrogen) atoms. The number of rotatable bonds is 4. The second-order valence-electron chi connectivity index (χ2n) is 5.79. The fourth-order valence-electron chi connectivity index (χ4n) is 2.71. The molecule has 0 atom stereocenters. The molecular weight excluding hydrogens is 320 g/mol. The second-order valence-corrected chi connectivity index (χ2v) is 5.79. The predicted octanol–water partition coefficient (Wildman–Crippen LogP) is 2.99. The van der Waals surface area contributed by atoms with Gasteiger partial charge < -0.3 is 15.0 Å². The van der Waals surface area contributed by atoms with E-state index in [1.807, 2.05) is 0 Å². The summed E-state index contributed by atoms with van der Waals surface area (Å²) in [5.74, 6) is -0.223. The third kappa shape index (κ3) is 4.03. The van der Waals surface area contributed by atoms with Gasteiger partial charge in [-0.1, -0.05) is 6.07 Å². The average molecular weight is 338 g/mol. The number of anilines is 2. The van der Waals surface area contributed by atoms with Crippen LogP contribution in [0.15, 0.2) is 48.5 Å². The van der Waals surface area contributed by atoms with Crippen LogP contribution >= 0.6 is 0 Å². The molecule has 6 heteroatoms. The molecule has 0 spiro atoms. The summed E-state index contributed by atoms with van der Waals surface area (Å²) in [4.78, 5) is 36.8. The Balaban J connectivity index is 1.68. The van der Waals surface area contributed by atoms with E-state index in [-0.39, 0.29) is 11.8 Å². The van der Waals surface area contributed by atoms with Crippen LogP contribution in [0, 0.1) is 0 Å². The lowest BCUT2D eigenvalue weighted by atomic mass is 10.2. The van der Waals surface area contributed by atoms with Crippen LogP contribution in [-0.4, -0.2) is 24.3 Å². The molecule has 1 aliphatic heterocycles. The maximum absolute atomic E-state index is 12.2. The Bertz CT molecular complexity index is 814. The predicted molar refractivity (Wildman–Crippen MR) is 93.7 cm³/mol. The molecule has 0 unspecified atom stereocenters. The van der Waals surface area contributed by atoms with E-state index in [0.717, 1.165) is 12.1 Å². The summed E-state index contributed by atoms with van der Waals surface area (Å²) in [7, 11) is 0. The quantitative estimate of drug-likeness (QED) is 0.687. The van der Waals surface area contributed by atoms with E-state index >= 15 is 0 Å². The molecule has 1 heterocycles. The van der Waals surface area contributed by atoms with E-state index in [4.69, 9.17) is 4.74 Å². The number of hydrogen-bond donors (Lipinski definition) is 1. The zero-order valence-electron chi connectivity index (χ0n) is 13.8. The van der Waals surface area contributed by atoms with Gasteiger partial charge in [0.25, 0.3) is 0 Å². The molecule has 6 nitrogen and oxygen atoms in total. The normalized spacial score (nSPS) is 13.6. The highest BCUT2D eigenvalue weighted by Crippen LogP contribution is 2.24. The minimum atomic E-state index is -0.516. The third-order valence-corrected chi connectivity index (χ3v) is 3.85. The van der Waals surface area contributed by atoms with Crippen molar-refractivity contribution < 1.29 is 19.1 Å². The summed E-state index contributed by atoms with van der Waals surface area (Å²) in [6.07, 6.45) is 1.43. The molecule has 0 aromatic heterocycles. The van der Waals surface area contributed by atoms with Gasteiger partial charge in [0.15, 0.2) is 0 Å². The third-order valence-electron chi connectivity index (χ3n) is 3.85. The highest BCUT2D eigenvalue weighted by molar-refractivity contribution is 5.96. The maximum Gasteiger partial charge on any atom is 0.343 e. The van der Waals surface area contributed by atoms with E-state index in [2.05, 4.69) is 5.32 Å². The summed E-state index contributed by atoms with van der Waals surface area (Å²) in [6.45, 7) is 2.12. The molecule has 0 aliphatic carbocycles. The first-order valence-corrected chi connectivity index (χ1v) is 8.03. The van der Waals surface area contributed by atoms with Gasteiger partial charge in [-0.05, 0) is 48.9 Å². The first-order chi connectivity index (χ1) is 12.0. The van der Waals surface area contributed by atoms with Crippen molar-refractivity contribution in [2.24, 2.45) is 0 Å². The fourth-order valence-corrected chi connectivity index (χ4v) is 2.71. The zero-order valence-corrected chi connectivity index (χ0v) is 13.8. The van der Waals surface area contributed by atoms with Gasteiger partial charge in [0.2, 0.25) is 11.8 Å². The molecule has 128 valence electrons. The summed E-state index contributed by atoms with van der Waals surface area (Å²) in [6, 6.07) is 13.4. The van der Waals surface area contributed by atoms with Gasteiger partial charge in [0, 0.05) is 31.3 Å². The van der Waals surface area contributed by atoms with Crippen molar-refractivity contribution in [2.75, 3.05) is 16.8 Å². The van der Waals surface area contributed by atoms with Gasteiger partial charge in [-0.2, -0.15) is 0 Å². The van der Waals surface area contributed by atoms with E-state index in [1.54, 1.807) is 53.4 Å². The van der Waals surface area contributed by atoms with Crippen LogP contribution in [-0.2, 0) is 9.59 Å². The van der Waals surface area contributed by atoms with Crippen molar-refractivity contribution in [1.29, 1.82) is 0 Å². The molecular formula is C19H18N2O4. The monoisotopic (exact) mass is 338 g/mol. The van der Waals surface area contributed by atoms with Crippen molar-refractivity contribution in [3.8, 4) is 5.75 Å². The molecule has 0 bridgehead atoms. The number of nitrogens with one attached hydrogen (secondary N) is 1. The van der Waals surface area contributed by atoms with Crippen LogP contribution in [0.1, 0.15) is 30.1 Å². The van der Waals surface area contributed by atoms with E-state index in [0.29, 0.717) is 30.0 Å². The van der Waals surface area contributed by atoms with Crippen LogP contribution in [0.3, 0.4) is 0 Å². The highest BCUT2D eigenvalue weighted by atomic mass is 16.5. The largest absolute Gasteiger partial charge is 0.423 e. The molecule has 1 N–H and O–H groups in total. The summed E-state index contributed by atoms with van der Waals surface area (Å²) in [5.41, 5.74) is 1.67. The SMILES string of the molecule is CC(=O)Nc1cccc(C(=O)Oc2ccc(N3CCCC3=O)cc2)c1. The number of nitrogens with zero attached hydrogens (tertiary/aromatic N) is 1. The van der Waals surface area contributed by atoms with Crippen molar-refractivity contribution in [3.05, 3.63) is 54.1 Å². The van der Waals surface area contributed by atoms with Crippen molar-refractivity contribution in [3.63, 3.8) is 0 Å². The van der Waals surface area contributed by atoms with Gasteiger partial charge in [0.05, 0.1) is 5.56 Å². The van der Waals surface area contributed by atoms with Crippen LogP contribution < -0.4 is 15.0 Å². The van der Waals surface area contributed by atoms with Crippen molar-refractivity contribution in [1.82, 2.24) is 0 Å². The second kappa shape index (κ2) is 7.17. The molecule has 1 fully saturated rings. The molecule has 2 aromatic rings. The summed E-state index contributed by atoms with van der Waals surface area (Å²) in [5, 5.41) is 2.62. The number of benzene rings is 2. The Labute approximate surface area is 145 Å². The number of hydrogen-bond acceptors (Lipinski definition) is 4. The van der Waals surface area contributed by atoms with Gasteiger partial charge in [-0.3, -0.25) is 9.59 Å². The van der Waals surface area contributed by atoms with E-state index in [1.165, 1.54) is 6.92 Å². The number of amides is 2. The molecule has 3 rings (SSSR count). The van der Waals surface area contributed by atoms with Crippen molar-refractivity contribution in [2.45, 2.75) is 19.8 Å². The van der Waals surface area contributed by atoms with Gasteiger partial charge in [-0.15, -0.1) is 0 Å². The first kappa shape index (κ1) is 16.7. The minimum Gasteiger partial charge on any atom is -0.423 e. The number of carbonyl (C=O) groups excluding carboxylic acids is 3. The molecule has 1 aliphatic rings. The van der Waals surface area contributed by atoms with Gasteiger partial charge >= 0.3 is 5.97 Å². The lowest BCUT2D eigenvalue weighted by Gasteiger charge is -2.15. The Morgan fingerprint density at radius 2 is 1.88 bits per heavy atom. The summed E-state index contributed by atoms with van der Waals surface area (Å²) >= 11 is 0. The van der Waals surface area contributed by atoms with Gasteiger partial charge in [-0.25, -0.2) is 4.79 Å². The standard InChI is InChI=1S/C19H18N2O4/c1-13(22)20-15-5-2-4-14(12-15)19(24)25-17-9-7-16(8-10-17)21-11-3-6-18(21)23/h2,4-5,7-10,12H,3,6,11H2,1H3,(H,20,22). The molecule has 2 amide bonds. The number of ether oxygens (including phenoxy) is 1. The zero-order chi connectivity index (χ0) is 17.8. The Hall–Kier alpha value is -3.15. The van der Waals surface area contributed by atoms with Crippen LogP contribution in [0.25, 0.3) is 0 Å². The van der Waals surface area contributed by atoms with Gasteiger partial charge in [0.1, 0.15) is 5.75 Å². The average Bonchev–Trinajstić information content (AvgIpc) is 3.01. The molecule has 1 saturated heterocycles. The highest BCUT2D eigenvalue weighted by Gasteiger charge is 2.21. The first-order valence-electron chi connectivity index (χ1n) is 8.03. The van der Waals surface area contributed by atoms with E-state index < -0.39 is 5.97 Å². The van der Waals surface area contributed by atoms with Crippen LogP contribution in [0.4, 0.5) is 11.4 Å². The van der Waals surface area contributed by atoms with E-state index in [9.17, 15) is 14.4 Å². The minimum absolute atomic E-state index is 0.111. The molecule has 2 aromatic carbocycles. The Morgan fingerprint density at radius 1 is 1.12 bits per heavy atom. The fraction of sp³-hybridized carbons (Fsp3) is 0.211. The molecule has 0 radical (unpaired) electrons. The topological polar surface area (TPSA) is 75.7 Å². The van der Waals surface area contributed by atoms with Crippen LogP contribution in [0.5, 0.6) is 5.75 Å². The number of esters is 1. The smallest absolute Gasteiger partial charge is 0.343 e. The number of carbonyl (C=O) groups is 3. The maximum atomic E-state index is 12.2. The Morgan fingerprint density at radius 3 is 2.52 bits per heavy atom. The van der Waals surface area contributed by atoms with Crippen molar-refractivity contribution >= 4 is 29.2 Å².